The lowest BCUT2D eigenvalue weighted by Gasteiger charge is -2.14. The first-order chi connectivity index (χ1) is 11.9. The maximum absolute atomic E-state index is 11.9. The van der Waals surface area contributed by atoms with Crippen LogP contribution < -0.4 is 20.9 Å². The second kappa shape index (κ2) is 6.45. The highest BCUT2D eigenvalue weighted by molar-refractivity contribution is 6.00. The fourth-order valence-electron chi connectivity index (χ4n) is 2.50. The number of aliphatic hydroxyl groups excluding tert-OH is 1. The summed E-state index contributed by atoms with van der Waals surface area (Å²) in [4.78, 5) is 16.4. The molecule has 1 heterocycles. The number of benzene rings is 2. The van der Waals surface area contributed by atoms with Crippen LogP contribution in [0.2, 0.25) is 0 Å². The van der Waals surface area contributed by atoms with Gasteiger partial charge in [-0.1, -0.05) is 0 Å². The van der Waals surface area contributed by atoms with Crippen molar-refractivity contribution in [3.05, 3.63) is 30.3 Å². The number of hydrogen-bond donors (Lipinski definition) is 3. The summed E-state index contributed by atoms with van der Waals surface area (Å²) in [6, 6.07) is 8.66. The smallest absolute Gasteiger partial charge is 0.340 e. The van der Waals surface area contributed by atoms with Crippen LogP contribution in [0.4, 0.5) is 11.4 Å². The monoisotopic (exact) mass is 341 g/mol. The van der Waals surface area contributed by atoms with Crippen molar-refractivity contribution in [3.63, 3.8) is 0 Å². The van der Waals surface area contributed by atoms with Gasteiger partial charge in [0.25, 0.3) is 0 Å². The number of esters is 1. The minimum atomic E-state index is -1.26. The minimum Gasteiger partial charge on any atom is -0.490 e. The normalized spacial score (nSPS) is 12.3. The molecule has 0 spiro atoms. The van der Waals surface area contributed by atoms with E-state index in [0.29, 0.717) is 40.2 Å². The highest BCUT2D eigenvalue weighted by Gasteiger charge is 2.19. The standard InChI is InChI=1S/C18H19N3O4/c1-3-24-16-5-4-14-11(17(16)25-18(23)9(2)22)6-10-7-12(19)13(20)8-15(10)21-14/h4-9,22H,3,19-20H2,1-2H3. The molecule has 0 radical (unpaired) electrons. The van der Waals surface area contributed by atoms with Crippen molar-refractivity contribution in [2.24, 2.45) is 0 Å². The highest BCUT2D eigenvalue weighted by atomic mass is 16.6. The Labute approximate surface area is 144 Å². The van der Waals surface area contributed by atoms with E-state index in [1.165, 1.54) is 6.92 Å². The van der Waals surface area contributed by atoms with Gasteiger partial charge in [-0.2, -0.15) is 0 Å². The third kappa shape index (κ3) is 3.14. The Kier molecular flexibility index (Phi) is 4.33. The van der Waals surface area contributed by atoms with Gasteiger partial charge < -0.3 is 26.0 Å². The molecular formula is C18H19N3O4. The van der Waals surface area contributed by atoms with Crippen LogP contribution in [0, 0.1) is 0 Å². The Morgan fingerprint density at radius 1 is 1.20 bits per heavy atom. The van der Waals surface area contributed by atoms with Crippen LogP contribution in [0.15, 0.2) is 30.3 Å². The van der Waals surface area contributed by atoms with Crippen LogP contribution in [-0.4, -0.2) is 28.8 Å². The number of carbonyl (C=O) groups excluding carboxylic acids is 1. The molecular weight excluding hydrogens is 322 g/mol. The van der Waals surface area contributed by atoms with Gasteiger partial charge in [-0.25, -0.2) is 9.78 Å². The number of aromatic nitrogens is 1. The third-order valence-electron chi connectivity index (χ3n) is 3.75. The van der Waals surface area contributed by atoms with Crippen LogP contribution in [0.3, 0.4) is 0 Å². The molecule has 25 heavy (non-hydrogen) atoms. The lowest BCUT2D eigenvalue weighted by molar-refractivity contribution is -0.142. The molecule has 2 aromatic carbocycles. The third-order valence-corrected chi connectivity index (χ3v) is 3.75. The average molecular weight is 341 g/mol. The van der Waals surface area contributed by atoms with Gasteiger partial charge in [0.2, 0.25) is 0 Å². The number of carbonyl (C=O) groups is 1. The van der Waals surface area contributed by atoms with E-state index in [0.717, 1.165) is 5.39 Å². The SMILES string of the molecule is CCOc1ccc2nc3cc(N)c(N)cc3cc2c1OC(=O)C(C)O. The molecule has 7 heteroatoms. The molecule has 0 bridgehead atoms. The summed E-state index contributed by atoms with van der Waals surface area (Å²) in [5, 5.41) is 10.8. The van der Waals surface area contributed by atoms with Crippen molar-refractivity contribution < 1.29 is 19.4 Å². The van der Waals surface area contributed by atoms with E-state index in [-0.39, 0.29) is 5.75 Å². The second-order valence-electron chi connectivity index (χ2n) is 5.65. The van der Waals surface area contributed by atoms with Gasteiger partial charge in [0.15, 0.2) is 11.5 Å². The maximum atomic E-state index is 11.9. The molecule has 1 unspecified atom stereocenters. The van der Waals surface area contributed by atoms with Gasteiger partial charge in [0.1, 0.15) is 6.10 Å². The number of nitrogens with zero attached hydrogens (tertiary/aromatic N) is 1. The van der Waals surface area contributed by atoms with Gasteiger partial charge in [0.05, 0.1) is 29.0 Å². The molecule has 0 saturated carbocycles. The van der Waals surface area contributed by atoms with E-state index in [1.807, 2.05) is 6.92 Å². The number of aliphatic hydroxyl groups is 1. The summed E-state index contributed by atoms with van der Waals surface area (Å²) >= 11 is 0. The van der Waals surface area contributed by atoms with Crippen LogP contribution in [-0.2, 0) is 4.79 Å². The van der Waals surface area contributed by atoms with Crippen molar-refractivity contribution in [3.8, 4) is 11.5 Å². The van der Waals surface area contributed by atoms with Crippen LogP contribution in [0.1, 0.15) is 13.8 Å². The summed E-state index contributed by atoms with van der Waals surface area (Å²) in [5.41, 5.74) is 13.9. The van der Waals surface area contributed by atoms with E-state index < -0.39 is 12.1 Å². The van der Waals surface area contributed by atoms with E-state index in [2.05, 4.69) is 4.98 Å². The Balaban J connectivity index is 2.27. The molecule has 0 saturated heterocycles. The molecule has 1 aromatic heterocycles. The molecule has 3 aromatic rings. The zero-order valence-corrected chi connectivity index (χ0v) is 13.9. The van der Waals surface area contributed by atoms with Gasteiger partial charge >= 0.3 is 5.97 Å². The fraction of sp³-hybridized carbons (Fsp3) is 0.222. The predicted octanol–water partition coefficient (Wildman–Crippen LogP) is 2.24. The predicted molar refractivity (Wildman–Crippen MR) is 96.6 cm³/mol. The van der Waals surface area contributed by atoms with Crippen LogP contribution in [0.5, 0.6) is 11.5 Å². The Morgan fingerprint density at radius 2 is 1.92 bits per heavy atom. The Bertz CT molecular complexity index is 970. The van der Waals surface area contributed by atoms with Gasteiger partial charge in [-0.05, 0) is 44.2 Å². The molecule has 0 aliphatic heterocycles. The largest absolute Gasteiger partial charge is 0.490 e. The van der Waals surface area contributed by atoms with Crippen LogP contribution >= 0.6 is 0 Å². The van der Waals surface area contributed by atoms with Crippen LogP contribution in [0.25, 0.3) is 21.8 Å². The van der Waals surface area contributed by atoms with Crippen molar-refractivity contribution in [1.29, 1.82) is 0 Å². The Hall–Kier alpha value is -3.06. The molecule has 0 fully saturated rings. The molecule has 3 rings (SSSR count). The number of pyridine rings is 1. The number of ether oxygens (including phenoxy) is 2. The number of nitrogens with two attached hydrogens (primary N) is 2. The maximum Gasteiger partial charge on any atom is 0.340 e. The van der Waals surface area contributed by atoms with Crippen molar-refractivity contribution in [2.75, 3.05) is 18.1 Å². The molecule has 5 N–H and O–H groups in total. The number of rotatable bonds is 4. The number of nitrogen functional groups attached to an aromatic ring is 2. The fourth-order valence-corrected chi connectivity index (χ4v) is 2.50. The quantitative estimate of drug-likeness (QED) is 0.288. The summed E-state index contributed by atoms with van der Waals surface area (Å²) in [5.74, 6) is -0.158. The first-order valence-corrected chi connectivity index (χ1v) is 7.85. The number of anilines is 2. The molecule has 0 aliphatic rings. The van der Waals surface area contributed by atoms with E-state index in [9.17, 15) is 9.90 Å². The first-order valence-electron chi connectivity index (χ1n) is 7.85. The lowest BCUT2D eigenvalue weighted by Crippen LogP contribution is -2.22. The van der Waals surface area contributed by atoms with E-state index in [1.54, 1.807) is 30.3 Å². The first kappa shape index (κ1) is 16.8. The van der Waals surface area contributed by atoms with Gasteiger partial charge in [-0.15, -0.1) is 0 Å². The molecule has 7 nitrogen and oxygen atoms in total. The second-order valence-corrected chi connectivity index (χ2v) is 5.65. The summed E-state index contributed by atoms with van der Waals surface area (Å²) < 4.78 is 10.9. The summed E-state index contributed by atoms with van der Waals surface area (Å²) in [6.07, 6.45) is -1.26. The highest BCUT2D eigenvalue weighted by Crippen LogP contribution is 2.37. The summed E-state index contributed by atoms with van der Waals surface area (Å²) in [6.45, 7) is 3.56. The molecule has 0 amide bonds. The van der Waals surface area contributed by atoms with Gasteiger partial charge in [0, 0.05) is 10.8 Å². The van der Waals surface area contributed by atoms with Crippen molar-refractivity contribution >= 4 is 39.1 Å². The molecule has 0 aliphatic carbocycles. The zero-order valence-electron chi connectivity index (χ0n) is 13.9. The van der Waals surface area contributed by atoms with Gasteiger partial charge in [-0.3, -0.25) is 0 Å². The van der Waals surface area contributed by atoms with Crippen molar-refractivity contribution in [2.45, 2.75) is 20.0 Å². The zero-order chi connectivity index (χ0) is 18.1. The topological polar surface area (TPSA) is 121 Å². The molecule has 130 valence electrons. The van der Waals surface area contributed by atoms with E-state index >= 15 is 0 Å². The Morgan fingerprint density at radius 3 is 2.60 bits per heavy atom. The summed E-state index contributed by atoms with van der Waals surface area (Å²) in [7, 11) is 0. The number of fused-ring (bicyclic) bond motifs is 2. The lowest BCUT2D eigenvalue weighted by atomic mass is 10.1. The van der Waals surface area contributed by atoms with Crippen molar-refractivity contribution in [1.82, 2.24) is 4.98 Å². The number of hydrogen-bond acceptors (Lipinski definition) is 7. The minimum absolute atomic E-state index is 0.218. The van der Waals surface area contributed by atoms with E-state index in [4.69, 9.17) is 20.9 Å². The average Bonchev–Trinajstić information content (AvgIpc) is 2.56. The molecule has 1 atom stereocenters.